The average Bonchev–Trinajstić information content (AvgIpc) is 2.23. The lowest BCUT2D eigenvalue weighted by Gasteiger charge is -2.05. The topological polar surface area (TPSA) is 120 Å². The molecule has 0 atom stereocenters. The number of amides is 1. The molecule has 1 heterocycles. The molecule has 0 unspecified atom stereocenters. The Balaban J connectivity index is 2.59. The number of nitrogens with two attached hydrogens (primary N) is 1. The molecule has 0 aliphatic heterocycles. The smallest absolute Gasteiger partial charge is 0.404 e. The van der Waals surface area contributed by atoms with Gasteiger partial charge in [0, 0.05) is 0 Å². The first-order valence-electron chi connectivity index (χ1n) is 4.47. The van der Waals surface area contributed by atoms with E-state index in [1.54, 1.807) is 0 Å². The monoisotopic (exact) mass is 260 g/mol. The second-order valence-electron chi connectivity index (χ2n) is 2.88. The molecule has 0 bridgehead atoms. The van der Waals surface area contributed by atoms with Gasteiger partial charge in [-0.3, -0.25) is 10.1 Å². The van der Waals surface area contributed by atoms with Gasteiger partial charge in [0.1, 0.15) is 17.6 Å². The molecule has 8 nitrogen and oxygen atoms in total. The highest BCUT2D eigenvalue weighted by molar-refractivity contribution is 6.29. The van der Waals surface area contributed by atoms with Gasteiger partial charge >= 0.3 is 6.09 Å². The molecule has 9 heteroatoms. The Morgan fingerprint density at radius 3 is 2.94 bits per heavy atom. The third kappa shape index (κ3) is 4.51. The maximum atomic E-state index is 10.5. The fourth-order valence-electron chi connectivity index (χ4n) is 1.01. The molecule has 0 spiro atoms. The van der Waals surface area contributed by atoms with Crippen molar-refractivity contribution in [1.29, 1.82) is 0 Å². The van der Waals surface area contributed by atoms with Crippen molar-refractivity contribution in [3.8, 4) is 0 Å². The summed E-state index contributed by atoms with van der Waals surface area (Å²) in [4.78, 5) is 24.0. The molecule has 1 rings (SSSR count). The molecule has 0 aromatic carbocycles. The molecular weight excluding hydrogens is 252 g/mol. The lowest BCUT2D eigenvalue weighted by atomic mass is 10.4. The number of ether oxygens (including phenoxy) is 1. The van der Waals surface area contributed by atoms with Crippen molar-refractivity contribution in [3.63, 3.8) is 0 Å². The van der Waals surface area contributed by atoms with Crippen molar-refractivity contribution >= 4 is 29.2 Å². The highest BCUT2D eigenvalue weighted by Gasteiger charge is 2.09. The first-order chi connectivity index (χ1) is 7.99. The minimum Gasteiger partial charge on any atom is -0.448 e. The van der Waals surface area contributed by atoms with E-state index in [9.17, 15) is 14.9 Å². The number of hydrogen-bond acceptors (Lipinski definition) is 6. The van der Waals surface area contributed by atoms with Crippen molar-refractivity contribution < 1.29 is 14.5 Å². The van der Waals surface area contributed by atoms with Crippen LogP contribution in [-0.2, 0) is 4.74 Å². The van der Waals surface area contributed by atoms with Crippen LogP contribution >= 0.6 is 11.6 Å². The lowest BCUT2D eigenvalue weighted by Crippen LogP contribution is -2.18. The largest absolute Gasteiger partial charge is 0.448 e. The molecule has 0 radical (unpaired) electrons. The van der Waals surface area contributed by atoms with Crippen molar-refractivity contribution in [2.45, 2.75) is 0 Å². The van der Waals surface area contributed by atoms with Crippen molar-refractivity contribution in [1.82, 2.24) is 4.98 Å². The van der Waals surface area contributed by atoms with E-state index in [2.05, 4.69) is 15.0 Å². The van der Waals surface area contributed by atoms with Gasteiger partial charge in [0.05, 0.1) is 23.6 Å². The Morgan fingerprint density at radius 1 is 1.65 bits per heavy atom. The number of pyridine rings is 1. The number of nitrogens with one attached hydrogen (secondary N) is 1. The number of hydrogen-bond donors (Lipinski definition) is 2. The van der Waals surface area contributed by atoms with E-state index in [-0.39, 0.29) is 29.8 Å². The molecular formula is C8H9ClN4O4. The van der Waals surface area contributed by atoms with Crippen LogP contribution in [0.4, 0.5) is 16.3 Å². The normalized spacial score (nSPS) is 9.71. The minimum absolute atomic E-state index is 0.00230. The fraction of sp³-hybridized carbons (Fsp3) is 0.250. The number of primary amides is 1. The summed E-state index contributed by atoms with van der Waals surface area (Å²) < 4.78 is 4.45. The van der Waals surface area contributed by atoms with Crippen LogP contribution in [0, 0.1) is 10.1 Å². The zero-order valence-corrected chi connectivity index (χ0v) is 9.31. The van der Waals surface area contributed by atoms with Gasteiger partial charge in [-0.25, -0.2) is 9.78 Å². The van der Waals surface area contributed by atoms with Crippen LogP contribution in [0.3, 0.4) is 0 Å². The van der Waals surface area contributed by atoms with Crippen LogP contribution in [0.2, 0.25) is 5.15 Å². The van der Waals surface area contributed by atoms with Crippen molar-refractivity contribution in [2.24, 2.45) is 5.73 Å². The third-order valence-electron chi connectivity index (χ3n) is 1.64. The lowest BCUT2D eigenvalue weighted by molar-refractivity contribution is -0.384. The molecule has 0 saturated heterocycles. The average molecular weight is 261 g/mol. The number of anilines is 1. The maximum Gasteiger partial charge on any atom is 0.404 e. The first kappa shape index (κ1) is 13.0. The van der Waals surface area contributed by atoms with Crippen LogP contribution in [-0.4, -0.2) is 29.2 Å². The van der Waals surface area contributed by atoms with E-state index >= 15 is 0 Å². The van der Waals surface area contributed by atoms with E-state index < -0.39 is 11.0 Å². The standard InChI is InChI=1S/C8H9ClN4O4/c9-6-3-5(13(15)16)4-7(12-6)11-1-2-17-8(10)14/h3-4H,1-2H2,(H2,10,14)(H,11,12). The quantitative estimate of drug-likeness (QED) is 0.354. The number of aromatic nitrogens is 1. The van der Waals surface area contributed by atoms with Crippen LogP contribution < -0.4 is 11.1 Å². The Labute approximate surface area is 101 Å². The van der Waals surface area contributed by atoms with Gasteiger partial charge in [0.25, 0.3) is 5.69 Å². The van der Waals surface area contributed by atoms with E-state index in [0.29, 0.717) is 0 Å². The number of nitro groups is 1. The highest BCUT2D eigenvalue weighted by Crippen LogP contribution is 2.20. The summed E-state index contributed by atoms with van der Waals surface area (Å²) in [5, 5.41) is 13.2. The molecule has 0 fully saturated rings. The molecule has 1 aromatic rings. The molecule has 0 aliphatic carbocycles. The van der Waals surface area contributed by atoms with Gasteiger partial charge in [-0.05, 0) is 0 Å². The summed E-state index contributed by atoms with van der Waals surface area (Å²) in [7, 11) is 0. The van der Waals surface area contributed by atoms with Crippen molar-refractivity contribution in [2.75, 3.05) is 18.5 Å². The second kappa shape index (κ2) is 5.85. The summed E-state index contributed by atoms with van der Waals surface area (Å²) in [6, 6.07) is 2.35. The first-order valence-corrected chi connectivity index (χ1v) is 4.85. The number of rotatable bonds is 5. The molecule has 1 aromatic heterocycles. The zero-order valence-electron chi connectivity index (χ0n) is 8.55. The van der Waals surface area contributed by atoms with Gasteiger partial charge in [0.2, 0.25) is 0 Å². The Hall–Kier alpha value is -2.09. The second-order valence-corrected chi connectivity index (χ2v) is 3.27. The minimum atomic E-state index is -0.892. The van der Waals surface area contributed by atoms with Gasteiger partial charge in [-0.15, -0.1) is 0 Å². The van der Waals surface area contributed by atoms with Crippen molar-refractivity contribution in [3.05, 3.63) is 27.4 Å². The Morgan fingerprint density at radius 2 is 2.35 bits per heavy atom. The van der Waals surface area contributed by atoms with E-state index in [4.69, 9.17) is 17.3 Å². The van der Waals surface area contributed by atoms with Gasteiger partial charge in [-0.2, -0.15) is 0 Å². The van der Waals surface area contributed by atoms with Crippen LogP contribution in [0.5, 0.6) is 0 Å². The summed E-state index contributed by atoms with van der Waals surface area (Å²) in [6.07, 6.45) is -0.892. The number of halogens is 1. The molecule has 92 valence electrons. The molecule has 1 amide bonds. The molecule has 0 aliphatic rings. The van der Waals surface area contributed by atoms with Gasteiger partial charge < -0.3 is 15.8 Å². The molecule has 0 saturated carbocycles. The fourth-order valence-corrected chi connectivity index (χ4v) is 1.21. The maximum absolute atomic E-state index is 10.5. The summed E-state index contributed by atoms with van der Waals surface area (Å²) in [6.45, 7) is 0.241. The van der Waals surface area contributed by atoms with Gasteiger partial charge in [0.15, 0.2) is 0 Å². The van der Waals surface area contributed by atoms with Crippen LogP contribution in [0.1, 0.15) is 0 Å². The highest BCUT2D eigenvalue weighted by atomic mass is 35.5. The third-order valence-corrected chi connectivity index (χ3v) is 1.84. The predicted molar refractivity (Wildman–Crippen MR) is 59.9 cm³/mol. The van der Waals surface area contributed by atoms with Gasteiger partial charge in [-0.1, -0.05) is 11.6 Å². The molecule has 17 heavy (non-hydrogen) atoms. The van der Waals surface area contributed by atoms with E-state index in [0.717, 1.165) is 6.07 Å². The molecule has 3 N–H and O–H groups in total. The number of carbonyl (C=O) groups is 1. The van der Waals surface area contributed by atoms with E-state index in [1.165, 1.54) is 6.07 Å². The summed E-state index contributed by atoms with van der Waals surface area (Å²) >= 11 is 5.60. The van der Waals surface area contributed by atoms with Crippen LogP contribution in [0.25, 0.3) is 0 Å². The number of carbonyl (C=O) groups excluding carboxylic acids is 1. The zero-order chi connectivity index (χ0) is 12.8. The number of nitrogens with zero attached hydrogens (tertiary/aromatic N) is 2. The Kier molecular flexibility index (Phi) is 4.46. The predicted octanol–water partition coefficient (Wildman–Crippen LogP) is 1.15. The SMILES string of the molecule is NC(=O)OCCNc1cc([N+](=O)[O-])cc(Cl)n1. The summed E-state index contributed by atoms with van der Waals surface area (Å²) in [5.74, 6) is 0.220. The van der Waals surface area contributed by atoms with E-state index in [1.807, 2.05) is 0 Å². The summed E-state index contributed by atoms with van der Waals surface area (Å²) in [5.41, 5.74) is 4.57. The Bertz CT molecular complexity index is 440. The van der Waals surface area contributed by atoms with Crippen LogP contribution in [0.15, 0.2) is 12.1 Å².